The molecule has 0 aliphatic carbocycles. The first kappa shape index (κ1) is 17.5. The quantitative estimate of drug-likeness (QED) is 0.759. The predicted octanol–water partition coefficient (Wildman–Crippen LogP) is 3.20. The lowest BCUT2D eigenvalue weighted by Crippen LogP contribution is -2.40. The van der Waals surface area contributed by atoms with Crippen molar-refractivity contribution in [2.45, 2.75) is 52.1 Å². The van der Waals surface area contributed by atoms with Gasteiger partial charge in [-0.25, -0.2) is 0 Å². The molecule has 1 unspecified atom stereocenters. The smallest absolute Gasteiger partial charge is 0.304 e. The van der Waals surface area contributed by atoms with E-state index in [1.165, 1.54) is 5.56 Å². The fourth-order valence-electron chi connectivity index (χ4n) is 2.55. The summed E-state index contributed by atoms with van der Waals surface area (Å²) >= 11 is 0. The van der Waals surface area contributed by atoms with Crippen LogP contribution < -0.4 is 4.74 Å². The molecule has 0 amide bonds. The molecule has 0 bridgehead atoms. The molecule has 0 aliphatic rings. The maximum Gasteiger partial charge on any atom is 0.304 e. The van der Waals surface area contributed by atoms with Gasteiger partial charge in [-0.15, -0.1) is 0 Å². The summed E-state index contributed by atoms with van der Waals surface area (Å²) in [5.41, 5.74) is 1.28. The zero-order valence-electron chi connectivity index (χ0n) is 13.5. The van der Waals surface area contributed by atoms with Gasteiger partial charge in [0.1, 0.15) is 5.75 Å². The van der Waals surface area contributed by atoms with Crippen molar-refractivity contribution in [3.05, 3.63) is 29.8 Å². The van der Waals surface area contributed by atoms with Crippen LogP contribution in [0, 0.1) is 0 Å². The summed E-state index contributed by atoms with van der Waals surface area (Å²) in [4.78, 5) is 13.0. The third-order valence-electron chi connectivity index (χ3n) is 3.82. The van der Waals surface area contributed by atoms with Gasteiger partial charge in [-0.05, 0) is 51.3 Å². The van der Waals surface area contributed by atoms with Crippen LogP contribution in [0.3, 0.4) is 0 Å². The minimum atomic E-state index is -0.733. The van der Waals surface area contributed by atoms with Crippen LogP contribution in [-0.2, 0) is 11.2 Å². The molecule has 0 radical (unpaired) electrons. The normalized spacial score (nSPS) is 12.7. The Morgan fingerprint density at radius 1 is 1.24 bits per heavy atom. The van der Waals surface area contributed by atoms with E-state index in [1.807, 2.05) is 12.1 Å². The molecule has 0 saturated carbocycles. The molecule has 1 atom stereocenters. The van der Waals surface area contributed by atoms with Crippen molar-refractivity contribution >= 4 is 5.97 Å². The Kier molecular flexibility index (Phi) is 7.23. The topological polar surface area (TPSA) is 49.8 Å². The Hall–Kier alpha value is -1.55. The predicted molar refractivity (Wildman–Crippen MR) is 84.9 cm³/mol. The van der Waals surface area contributed by atoms with Gasteiger partial charge in [0, 0.05) is 18.6 Å². The number of hydrogen-bond acceptors (Lipinski definition) is 3. The van der Waals surface area contributed by atoms with Gasteiger partial charge < -0.3 is 9.84 Å². The molecule has 1 aromatic carbocycles. The van der Waals surface area contributed by atoms with Crippen molar-refractivity contribution in [1.29, 1.82) is 0 Å². The van der Waals surface area contributed by atoms with E-state index in [1.54, 1.807) is 7.11 Å². The van der Waals surface area contributed by atoms with Crippen LogP contribution in [0.4, 0.5) is 0 Å². The van der Waals surface area contributed by atoms with Crippen molar-refractivity contribution in [2.75, 3.05) is 13.7 Å². The molecule has 118 valence electrons. The van der Waals surface area contributed by atoms with Crippen LogP contribution in [0.25, 0.3) is 0 Å². The molecule has 1 rings (SSSR count). The lowest BCUT2D eigenvalue weighted by atomic mass is 10.0. The van der Waals surface area contributed by atoms with E-state index in [0.29, 0.717) is 18.6 Å². The highest BCUT2D eigenvalue weighted by Gasteiger charge is 2.17. The summed E-state index contributed by atoms with van der Waals surface area (Å²) in [5, 5.41) is 8.84. The van der Waals surface area contributed by atoms with Crippen molar-refractivity contribution in [3.8, 4) is 5.75 Å². The number of carbonyl (C=O) groups is 1. The van der Waals surface area contributed by atoms with Crippen molar-refractivity contribution in [3.63, 3.8) is 0 Å². The number of aryl methyl sites for hydroxylation is 1. The monoisotopic (exact) mass is 293 g/mol. The van der Waals surface area contributed by atoms with E-state index in [4.69, 9.17) is 9.84 Å². The minimum absolute atomic E-state index is 0.199. The maximum atomic E-state index is 10.8. The third kappa shape index (κ3) is 6.17. The fraction of sp³-hybridized carbons (Fsp3) is 0.588. The van der Waals surface area contributed by atoms with Gasteiger partial charge in [0.25, 0.3) is 0 Å². The van der Waals surface area contributed by atoms with Gasteiger partial charge in [0.15, 0.2) is 0 Å². The number of carboxylic acids is 1. The second kappa shape index (κ2) is 8.67. The molecule has 0 saturated heterocycles. The SMILES string of the molecule is COc1ccc(CCC(C)N(CCC(=O)O)C(C)C)cc1. The van der Waals surface area contributed by atoms with Crippen molar-refractivity contribution in [1.82, 2.24) is 4.90 Å². The van der Waals surface area contributed by atoms with E-state index in [-0.39, 0.29) is 6.42 Å². The Balaban J connectivity index is 2.51. The van der Waals surface area contributed by atoms with Crippen LogP contribution in [0.2, 0.25) is 0 Å². The van der Waals surface area contributed by atoms with Gasteiger partial charge in [-0.3, -0.25) is 9.69 Å². The highest BCUT2D eigenvalue weighted by molar-refractivity contribution is 5.66. The number of carboxylic acid groups (broad SMARTS) is 1. The molecule has 4 heteroatoms. The number of benzene rings is 1. The zero-order chi connectivity index (χ0) is 15.8. The minimum Gasteiger partial charge on any atom is -0.497 e. The molecule has 1 aromatic rings. The Labute approximate surface area is 127 Å². The maximum absolute atomic E-state index is 10.8. The molecule has 0 aromatic heterocycles. The average molecular weight is 293 g/mol. The molecule has 0 fully saturated rings. The molecule has 0 heterocycles. The Bertz CT molecular complexity index is 428. The van der Waals surface area contributed by atoms with Crippen molar-refractivity contribution < 1.29 is 14.6 Å². The van der Waals surface area contributed by atoms with Gasteiger partial charge in [-0.1, -0.05) is 12.1 Å². The second-order valence-electron chi connectivity index (χ2n) is 5.71. The van der Waals surface area contributed by atoms with Gasteiger partial charge in [0.2, 0.25) is 0 Å². The van der Waals surface area contributed by atoms with Crippen LogP contribution >= 0.6 is 0 Å². The average Bonchev–Trinajstić information content (AvgIpc) is 2.45. The molecule has 21 heavy (non-hydrogen) atoms. The first-order chi connectivity index (χ1) is 9.93. The van der Waals surface area contributed by atoms with Gasteiger partial charge in [-0.2, -0.15) is 0 Å². The summed E-state index contributed by atoms with van der Waals surface area (Å²) in [6.45, 7) is 7.01. The number of methoxy groups -OCH3 is 1. The Morgan fingerprint density at radius 3 is 2.33 bits per heavy atom. The van der Waals surface area contributed by atoms with Gasteiger partial charge >= 0.3 is 5.97 Å². The van der Waals surface area contributed by atoms with Crippen molar-refractivity contribution in [2.24, 2.45) is 0 Å². The van der Waals surface area contributed by atoms with Crippen LogP contribution in [0.5, 0.6) is 5.75 Å². The van der Waals surface area contributed by atoms with Gasteiger partial charge in [0.05, 0.1) is 13.5 Å². The van der Waals surface area contributed by atoms with E-state index in [9.17, 15) is 4.79 Å². The standard InChI is InChI=1S/C17H27NO3/c1-13(2)18(12-11-17(19)20)14(3)5-6-15-7-9-16(21-4)10-8-15/h7-10,13-14H,5-6,11-12H2,1-4H3,(H,19,20). The lowest BCUT2D eigenvalue weighted by Gasteiger charge is -2.32. The highest BCUT2D eigenvalue weighted by Crippen LogP contribution is 2.16. The third-order valence-corrected chi connectivity index (χ3v) is 3.82. The molecular weight excluding hydrogens is 266 g/mol. The highest BCUT2D eigenvalue weighted by atomic mass is 16.5. The number of nitrogens with zero attached hydrogens (tertiary/aromatic N) is 1. The molecular formula is C17H27NO3. The van der Waals surface area contributed by atoms with E-state index in [2.05, 4.69) is 37.8 Å². The van der Waals surface area contributed by atoms with E-state index in [0.717, 1.165) is 18.6 Å². The first-order valence-electron chi connectivity index (χ1n) is 7.54. The Morgan fingerprint density at radius 2 is 1.86 bits per heavy atom. The summed E-state index contributed by atoms with van der Waals surface area (Å²) < 4.78 is 5.15. The zero-order valence-corrected chi connectivity index (χ0v) is 13.5. The first-order valence-corrected chi connectivity index (χ1v) is 7.54. The largest absolute Gasteiger partial charge is 0.497 e. The summed E-state index contributed by atoms with van der Waals surface area (Å²) in [5.74, 6) is 0.139. The summed E-state index contributed by atoms with van der Waals surface area (Å²) in [6.07, 6.45) is 2.20. The number of ether oxygens (including phenoxy) is 1. The molecule has 0 aliphatic heterocycles. The van der Waals surface area contributed by atoms with Crippen LogP contribution in [0.15, 0.2) is 24.3 Å². The number of rotatable bonds is 9. The van der Waals surface area contributed by atoms with E-state index < -0.39 is 5.97 Å². The molecule has 4 nitrogen and oxygen atoms in total. The lowest BCUT2D eigenvalue weighted by molar-refractivity contribution is -0.137. The summed E-state index contributed by atoms with van der Waals surface area (Å²) in [6, 6.07) is 8.85. The van der Waals surface area contributed by atoms with Crippen LogP contribution in [0.1, 0.15) is 39.2 Å². The van der Waals surface area contributed by atoms with E-state index >= 15 is 0 Å². The number of aliphatic carboxylic acids is 1. The molecule has 1 N–H and O–H groups in total. The second-order valence-corrected chi connectivity index (χ2v) is 5.71. The molecule has 0 spiro atoms. The van der Waals surface area contributed by atoms with Crippen LogP contribution in [-0.4, -0.2) is 41.7 Å². The number of hydrogen-bond donors (Lipinski definition) is 1. The summed E-state index contributed by atoms with van der Waals surface area (Å²) in [7, 11) is 1.67. The fourth-order valence-corrected chi connectivity index (χ4v) is 2.55.